The van der Waals surface area contributed by atoms with Gasteiger partial charge in [-0.3, -0.25) is 14.1 Å². The summed E-state index contributed by atoms with van der Waals surface area (Å²) in [6.45, 7) is 6.85. The molecule has 0 radical (unpaired) electrons. The van der Waals surface area contributed by atoms with E-state index in [9.17, 15) is 4.79 Å². The molecule has 0 bridgehead atoms. The number of pyridine rings is 1. The Morgan fingerprint density at radius 3 is 2.55 bits per heavy atom. The monoisotopic (exact) mass is 509 g/mol. The summed E-state index contributed by atoms with van der Waals surface area (Å²) >= 11 is 0. The smallest absolute Gasteiger partial charge is 0.333 e. The van der Waals surface area contributed by atoms with Crippen molar-refractivity contribution in [2.24, 2.45) is 0 Å². The maximum Gasteiger partial charge on any atom is 0.333 e. The number of aryl methyl sites for hydroxylation is 1. The Bertz CT molecular complexity index is 1580. The third-order valence-electron chi connectivity index (χ3n) is 6.65. The molecule has 0 aliphatic carbocycles. The van der Waals surface area contributed by atoms with Crippen molar-refractivity contribution in [1.82, 2.24) is 34.7 Å². The minimum Gasteiger partial charge on any atom is -0.495 e. The van der Waals surface area contributed by atoms with Crippen LogP contribution in [0.25, 0.3) is 28.3 Å². The number of H-pyrrole nitrogens is 1. The summed E-state index contributed by atoms with van der Waals surface area (Å²) in [7, 11) is 1.64. The second-order valence-corrected chi connectivity index (χ2v) is 9.49. The number of para-hydroxylation sites is 1. The van der Waals surface area contributed by atoms with Crippen LogP contribution in [-0.2, 0) is 13.0 Å². The van der Waals surface area contributed by atoms with Gasteiger partial charge in [0.1, 0.15) is 11.4 Å². The van der Waals surface area contributed by atoms with Crippen LogP contribution < -0.4 is 10.4 Å². The number of hydrogen-bond donors (Lipinski definition) is 1. The molecule has 0 spiro atoms. The fraction of sp³-hybridized carbons (Fsp3) is 0.276. The van der Waals surface area contributed by atoms with Crippen LogP contribution in [0.1, 0.15) is 49.9 Å². The van der Waals surface area contributed by atoms with Gasteiger partial charge in [-0.1, -0.05) is 69.7 Å². The van der Waals surface area contributed by atoms with Crippen LogP contribution in [0.5, 0.6) is 5.75 Å². The van der Waals surface area contributed by atoms with Crippen LogP contribution in [0, 0.1) is 0 Å². The first-order chi connectivity index (χ1) is 18.5. The van der Waals surface area contributed by atoms with Gasteiger partial charge in [-0.2, -0.15) is 5.21 Å². The second kappa shape index (κ2) is 10.8. The van der Waals surface area contributed by atoms with Gasteiger partial charge in [0.2, 0.25) is 5.82 Å². The van der Waals surface area contributed by atoms with Crippen molar-refractivity contribution in [1.29, 1.82) is 0 Å². The number of hydrogen-bond acceptors (Lipinski definition) is 6. The topological polar surface area (TPSA) is 104 Å². The summed E-state index contributed by atoms with van der Waals surface area (Å²) in [5, 5.41) is 14.3. The average Bonchev–Trinajstić information content (AvgIpc) is 3.58. The number of nitrogens with zero attached hydrogens (tertiary/aromatic N) is 6. The van der Waals surface area contributed by atoms with Gasteiger partial charge in [-0.25, -0.2) is 4.79 Å². The first kappa shape index (κ1) is 25.1. The Balaban J connectivity index is 1.52. The van der Waals surface area contributed by atoms with E-state index < -0.39 is 0 Å². The van der Waals surface area contributed by atoms with Crippen molar-refractivity contribution in [3.8, 4) is 34.1 Å². The Hall–Kier alpha value is -4.53. The van der Waals surface area contributed by atoms with Gasteiger partial charge in [0, 0.05) is 23.7 Å². The Labute approximate surface area is 221 Å². The predicted octanol–water partition coefficient (Wildman–Crippen LogP) is 5.01. The average molecular weight is 510 g/mol. The molecule has 5 rings (SSSR count). The summed E-state index contributed by atoms with van der Waals surface area (Å²) < 4.78 is 9.29. The lowest BCUT2D eigenvalue weighted by Crippen LogP contribution is -2.25. The zero-order valence-corrected chi connectivity index (χ0v) is 22.0. The zero-order chi connectivity index (χ0) is 26.6. The summed E-state index contributed by atoms with van der Waals surface area (Å²) in [5.74, 6) is 1.37. The van der Waals surface area contributed by atoms with E-state index in [1.54, 1.807) is 17.9 Å². The molecule has 0 unspecified atom stereocenters. The van der Waals surface area contributed by atoms with Gasteiger partial charge in [-0.15, -0.1) is 10.2 Å². The summed E-state index contributed by atoms with van der Waals surface area (Å²) in [5.41, 5.74) is 6.38. The van der Waals surface area contributed by atoms with Crippen LogP contribution >= 0.6 is 0 Å². The standard InChI is InChI=1S/C29H31N7O2/c1-5-8-22-18-36(27-23(19(2)3)9-6-11-25(27)38-4)29(37)35(22)17-20-12-14-21(15-13-20)24-10-7-16-30-26(24)28-31-33-34-32-28/h6-7,9-16,18-19H,5,8,17H2,1-4H3,(H,31,32,33,34). The number of aromatic amines is 1. The van der Waals surface area contributed by atoms with E-state index in [0.717, 1.165) is 46.5 Å². The van der Waals surface area contributed by atoms with Gasteiger partial charge in [0.15, 0.2) is 0 Å². The Morgan fingerprint density at radius 2 is 1.87 bits per heavy atom. The first-order valence-electron chi connectivity index (χ1n) is 12.8. The molecule has 2 aromatic carbocycles. The summed E-state index contributed by atoms with van der Waals surface area (Å²) in [6, 6.07) is 18.0. The molecule has 0 saturated carbocycles. The van der Waals surface area contributed by atoms with Crippen molar-refractivity contribution in [3.63, 3.8) is 0 Å². The number of nitrogens with one attached hydrogen (secondary N) is 1. The largest absolute Gasteiger partial charge is 0.495 e. The predicted molar refractivity (Wildman–Crippen MR) is 147 cm³/mol. The van der Waals surface area contributed by atoms with Gasteiger partial charge < -0.3 is 4.74 Å². The van der Waals surface area contributed by atoms with Crippen LogP contribution in [0.15, 0.2) is 71.8 Å². The lowest BCUT2D eigenvalue weighted by Gasteiger charge is -2.16. The van der Waals surface area contributed by atoms with E-state index in [0.29, 0.717) is 23.8 Å². The fourth-order valence-electron chi connectivity index (χ4n) is 4.79. The third kappa shape index (κ3) is 4.74. The molecule has 9 heteroatoms. The molecular formula is C29H31N7O2. The van der Waals surface area contributed by atoms with Crippen molar-refractivity contribution < 1.29 is 4.74 Å². The van der Waals surface area contributed by atoms with Crippen molar-refractivity contribution in [2.75, 3.05) is 7.11 Å². The molecule has 5 aromatic rings. The minimum absolute atomic E-state index is 0.0735. The Morgan fingerprint density at radius 1 is 1.05 bits per heavy atom. The van der Waals surface area contributed by atoms with Crippen LogP contribution in [0.3, 0.4) is 0 Å². The van der Waals surface area contributed by atoms with Crippen LogP contribution in [-0.4, -0.2) is 41.9 Å². The van der Waals surface area contributed by atoms with Crippen molar-refractivity contribution in [3.05, 3.63) is 94.3 Å². The number of tetrazole rings is 1. The van der Waals surface area contributed by atoms with Crippen LogP contribution in [0.4, 0.5) is 0 Å². The number of benzene rings is 2. The van der Waals surface area contributed by atoms with Gasteiger partial charge in [-0.05, 0) is 46.4 Å². The number of aromatic nitrogens is 7. The first-order valence-corrected chi connectivity index (χ1v) is 12.8. The lowest BCUT2D eigenvalue weighted by atomic mass is 10.0. The highest BCUT2D eigenvalue weighted by atomic mass is 16.5. The van der Waals surface area contributed by atoms with Gasteiger partial charge in [0.25, 0.3) is 0 Å². The highest BCUT2D eigenvalue weighted by Gasteiger charge is 2.20. The molecule has 38 heavy (non-hydrogen) atoms. The van der Waals surface area contributed by atoms with E-state index in [1.807, 2.05) is 59.3 Å². The minimum atomic E-state index is -0.0735. The highest BCUT2D eigenvalue weighted by Crippen LogP contribution is 2.31. The van der Waals surface area contributed by atoms with Crippen molar-refractivity contribution in [2.45, 2.75) is 46.1 Å². The van der Waals surface area contributed by atoms with E-state index >= 15 is 0 Å². The van der Waals surface area contributed by atoms with E-state index in [-0.39, 0.29) is 11.6 Å². The van der Waals surface area contributed by atoms with E-state index in [1.165, 1.54) is 0 Å². The summed E-state index contributed by atoms with van der Waals surface area (Å²) in [6.07, 6.45) is 5.42. The molecule has 194 valence electrons. The Kier molecular flexibility index (Phi) is 7.17. The number of ether oxygens (including phenoxy) is 1. The highest BCUT2D eigenvalue weighted by molar-refractivity contribution is 5.77. The lowest BCUT2D eigenvalue weighted by molar-refractivity contribution is 0.411. The third-order valence-corrected chi connectivity index (χ3v) is 6.65. The zero-order valence-electron chi connectivity index (χ0n) is 22.0. The molecule has 0 saturated heterocycles. The molecule has 1 N–H and O–H groups in total. The van der Waals surface area contributed by atoms with Gasteiger partial charge in [0.05, 0.1) is 19.3 Å². The van der Waals surface area contributed by atoms with E-state index in [4.69, 9.17) is 4.74 Å². The molecular weight excluding hydrogens is 478 g/mol. The summed E-state index contributed by atoms with van der Waals surface area (Å²) in [4.78, 5) is 18.3. The fourth-order valence-corrected chi connectivity index (χ4v) is 4.79. The number of rotatable bonds is 9. The maximum absolute atomic E-state index is 13.8. The normalized spacial score (nSPS) is 11.3. The molecule has 0 aliphatic rings. The van der Waals surface area contributed by atoms with Crippen LogP contribution in [0.2, 0.25) is 0 Å². The molecule has 0 fully saturated rings. The molecule has 3 heterocycles. The maximum atomic E-state index is 13.8. The number of imidazole rings is 1. The molecule has 0 atom stereocenters. The van der Waals surface area contributed by atoms with E-state index in [2.05, 4.69) is 52.4 Å². The number of methoxy groups -OCH3 is 1. The van der Waals surface area contributed by atoms with Crippen molar-refractivity contribution >= 4 is 0 Å². The molecule has 0 aliphatic heterocycles. The quantitative estimate of drug-likeness (QED) is 0.299. The SMILES string of the molecule is CCCc1cn(-c2c(OC)cccc2C(C)C)c(=O)n1Cc1ccc(-c2cccnc2-c2nn[nH]n2)cc1. The molecule has 9 nitrogen and oxygen atoms in total. The molecule has 0 amide bonds. The van der Waals surface area contributed by atoms with Gasteiger partial charge >= 0.3 is 5.69 Å². The second-order valence-electron chi connectivity index (χ2n) is 9.49. The molecule has 3 aromatic heterocycles.